The van der Waals surface area contributed by atoms with Crippen molar-refractivity contribution in [3.05, 3.63) is 61.2 Å². The number of carbonyl (C=O) groups excluding carboxylic acids is 2. The maximum atomic E-state index is 13.7. The number of rotatable bonds is 5. The molecule has 0 saturated carbocycles. The molecule has 1 aliphatic carbocycles. The average Bonchev–Trinajstić information content (AvgIpc) is 2.69. The van der Waals surface area contributed by atoms with Gasteiger partial charge in [0.1, 0.15) is 0 Å². The van der Waals surface area contributed by atoms with Crippen molar-refractivity contribution in [2.45, 2.75) is 31.2 Å². The lowest BCUT2D eigenvalue weighted by Crippen LogP contribution is -2.60. The molecule has 1 saturated heterocycles. The fourth-order valence-corrected chi connectivity index (χ4v) is 4.65. The average molecular weight is 496 g/mol. The smallest absolute Gasteiger partial charge is 0.334 e. The third-order valence-electron chi connectivity index (χ3n) is 5.58. The number of nitrogens with zero attached hydrogens (tertiary/aromatic N) is 2. The quantitative estimate of drug-likeness (QED) is 0.269. The van der Waals surface area contributed by atoms with E-state index < -0.39 is 22.3 Å². The second-order valence-corrected chi connectivity index (χ2v) is 8.25. The molecule has 148 valence electrons. The minimum Gasteiger partial charge on any atom is -0.466 e. The van der Waals surface area contributed by atoms with Gasteiger partial charge in [-0.15, -0.1) is 0 Å². The number of piperidine rings is 1. The summed E-state index contributed by atoms with van der Waals surface area (Å²) in [6, 6.07) is 5.77. The molecule has 1 aromatic carbocycles. The standard InChI is InChI=1S/C20H21IN2O5/c1-3-13(21)12-22-11-10-20(14-6-4-5-7-16(14)23(26)27)15(19(25)28-2)8-9-17(22)18(20)24/h3-8,17H,9-12H2,1-2H3/b13-3-/t17-,20+/m1/s1. The molecule has 0 unspecified atom stereocenters. The highest BCUT2D eigenvalue weighted by atomic mass is 127. The first kappa shape index (κ1) is 20.7. The van der Waals surface area contributed by atoms with Crippen molar-refractivity contribution in [1.82, 2.24) is 4.90 Å². The van der Waals surface area contributed by atoms with Crippen molar-refractivity contribution < 1.29 is 19.2 Å². The van der Waals surface area contributed by atoms with Gasteiger partial charge in [0.15, 0.2) is 5.78 Å². The number of hydrogen-bond acceptors (Lipinski definition) is 6. The highest BCUT2D eigenvalue weighted by Crippen LogP contribution is 2.48. The van der Waals surface area contributed by atoms with E-state index in [0.29, 0.717) is 25.9 Å². The van der Waals surface area contributed by atoms with Gasteiger partial charge in [-0.05, 0) is 42.4 Å². The van der Waals surface area contributed by atoms with Crippen LogP contribution in [0.2, 0.25) is 0 Å². The second kappa shape index (κ2) is 8.12. The molecule has 28 heavy (non-hydrogen) atoms. The number of benzene rings is 1. The van der Waals surface area contributed by atoms with Gasteiger partial charge in [-0.25, -0.2) is 4.79 Å². The molecular weight excluding hydrogens is 475 g/mol. The van der Waals surface area contributed by atoms with E-state index in [0.717, 1.165) is 3.58 Å². The van der Waals surface area contributed by atoms with Crippen LogP contribution >= 0.6 is 22.6 Å². The Labute approximate surface area is 176 Å². The van der Waals surface area contributed by atoms with Crippen LogP contribution in [0.3, 0.4) is 0 Å². The summed E-state index contributed by atoms with van der Waals surface area (Å²) in [5, 5.41) is 11.7. The van der Waals surface area contributed by atoms with Crippen molar-refractivity contribution in [3.8, 4) is 0 Å². The number of esters is 1. The van der Waals surface area contributed by atoms with Gasteiger partial charge >= 0.3 is 5.97 Å². The summed E-state index contributed by atoms with van der Waals surface area (Å²) in [6.45, 7) is 3.14. The largest absolute Gasteiger partial charge is 0.466 e. The Hall–Kier alpha value is -2.07. The van der Waals surface area contributed by atoms with E-state index in [-0.39, 0.29) is 22.6 Å². The van der Waals surface area contributed by atoms with Gasteiger partial charge in [-0.2, -0.15) is 0 Å². The van der Waals surface area contributed by atoms with Crippen LogP contribution in [0.15, 0.2) is 45.6 Å². The van der Waals surface area contributed by atoms with Crippen molar-refractivity contribution in [2.75, 3.05) is 20.2 Å². The molecule has 0 radical (unpaired) electrons. The molecule has 0 spiro atoms. The number of ether oxygens (including phenoxy) is 1. The number of para-hydroxylation sites is 1. The number of hydrogen-bond donors (Lipinski definition) is 0. The van der Waals surface area contributed by atoms with Crippen molar-refractivity contribution in [2.24, 2.45) is 0 Å². The van der Waals surface area contributed by atoms with Crippen LogP contribution in [0.25, 0.3) is 0 Å². The van der Waals surface area contributed by atoms with Gasteiger partial charge < -0.3 is 4.74 Å². The molecule has 0 amide bonds. The Morgan fingerprint density at radius 1 is 1.46 bits per heavy atom. The minimum atomic E-state index is -1.35. The van der Waals surface area contributed by atoms with E-state index >= 15 is 0 Å². The van der Waals surface area contributed by atoms with E-state index in [1.807, 2.05) is 13.0 Å². The highest BCUT2D eigenvalue weighted by molar-refractivity contribution is 14.1. The zero-order chi connectivity index (χ0) is 20.5. The summed E-state index contributed by atoms with van der Waals surface area (Å²) in [5.74, 6) is -0.780. The Kier molecular flexibility index (Phi) is 5.99. The van der Waals surface area contributed by atoms with Crippen molar-refractivity contribution >= 4 is 40.0 Å². The number of likely N-dealkylation sites (tertiary alicyclic amines) is 1. The molecule has 2 aliphatic rings. The molecule has 8 heteroatoms. The fourth-order valence-electron chi connectivity index (χ4n) is 4.22. The van der Waals surface area contributed by atoms with Crippen molar-refractivity contribution in [3.63, 3.8) is 0 Å². The predicted octanol–water partition coefficient (Wildman–Crippen LogP) is 3.32. The molecule has 1 aliphatic heterocycles. The first-order valence-electron chi connectivity index (χ1n) is 8.98. The number of methoxy groups -OCH3 is 1. The SMILES string of the molecule is C/C=C(\I)CN1CC[C@@]2(c3ccccc3[N+](=O)[O-])C(=O)[C@H]1CC=C2C(=O)OC. The Morgan fingerprint density at radius 3 is 2.82 bits per heavy atom. The number of halogens is 1. The molecule has 0 N–H and O–H groups in total. The molecule has 2 bridgehead atoms. The lowest BCUT2D eigenvalue weighted by molar-refractivity contribution is -0.386. The number of Topliss-reactive ketones (excluding diaryl/α,β-unsaturated/α-hetero) is 1. The van der Waals surface area contributed by atoms with Crippen LogP contribution in [0, 0.1) is 10.1 Å². The van der Waals surface area contributed by atoms with Gasteiger partial charge in [0, 0.05) is 28.3 Å². The lowest BCUT2D eigenvalue weighted by Gasteiger charge is -2.48. The third kappa shape index (κ3) is 3.28. The van der Waals surface area contributed by atoms with Gasteiger partial charge in [0.2, 0.25) is 0 Å². The van der Waals surface area contributed by atoms with Gasteiger partial charge in [0.05, 0.1) is 29.1 Å². The van der Waals surface area contributed by atoms with Crippen LogP contribution in [0.4, 0.5) is 5.69 Å². The molecular formula is C20H21IN2O5. The van der Waals surface area contributed by atoms with Crippen molar-refractivity contribution in [1.29, 1.82) is 0 Å². The Morgan fingerprint density at radius 2 is 2.18 bits per heavy atom. The predicted molar refractivity (Wildman–Crippen MR) is 112 cm³/mol. The number of allylic oxidation sites excluding steroid dienone is 1. The summed E-state index contributed by atoms with van der Waals surface area (Å²) in [4.78, 5) is 39.5. The topological polar surface area (TPSA) is 89.8 Å². The summed E-state index contributed by atoms with van der Waals surface area (Å²) in [7, 11) is 1.26. The van der Waals surface area contributed by atoms with Gasteiger partial charge in [-0.3, -0.25) is 19.8 Å². The number of fused-ring (bicyclic) bond motifs is 2. The molecule has 1 fully saturated rings. The molecule has 7 nitrogen and oxygen atoms in total. The summed E-state index contributed by atoms with van der Waals surface area (Å²) in [5.41, 5.74) is -1.02. The van der Waals surface area contributed by atoms with Crippen LogP contribution in [0.1, 0.15) is 25.3 Å². The fraction of sp³-hybridized carbons (Fsp3) is 0.400. The Bertz CT molecular complexity index is 894. The van der Waals surface area contributed by atoms with E-state index in [1.54, 1.807) is 24.3 Å². The zero-order valence-corrected chi connectivity index (χ0v) is 17.8. The summed E-state index contributed by atoms with van der Waals surface area (Å²) in [6.07, 6.45) is 4.40. The van der Waals surface area contributed by atoms with E-state index in [9.17, 15) is 19.7 Å². The number of nitro groups is 1. The maximum absolute atomic E-state index is 13.7. The number of nitro benzene ring substituents is 1. The minimum absolute atomic E-state index is 0.150. The van der Waals surface area contributed by atoms with E-state index in [4.69, 9.17) is 4.74 Å². The summed E-state index contributed by atoms with van der Waals surface area (Å²) >= 11 is 2.24. The molecule has 0 aromatic heterocycles. The molecule has 1 aromatic rings. The third-order valence-corrected chi connectivity index (χ3v) is 6.54. The van der Waals surface area contributed by atoms with Crippen LogP contribution < -0.4 is 0 Å². The first-order chi connectivity index (χ1) is 13.4. The molecule has 2 atom stereocenters. The molecule has 1 heterocycles. The normalized spacial score (nSPS) is 25.2. The lowest BCUT2D eigenvalue weighted by atomic mass is 9.61. The number of ketones is 1. The van der Waals surface area contributed by atoms with E-state index in [2.05, 4.69) is 27.5 Å². The van der Waals surface area contributed by atoms with Crippen LogP contribution in [-0.2, 0) is 19.7 Å². The number of carbonyl (C=O) groups is 2. The van der Waals surface area contributed by atoms with E-state index in [1.165, 1.54) is 13.2 Å². The molecule has 3 rings (SSSR count). The van der Waals surface area contributed by atoms with Gasteiger partial charge in [0.25, 0.3) is 5.69 Å². The first-order valence-corrected chi connectivity index (χ1v) is 10.1. The Balaban J connectivity index is 2.17. The maximum Gasteiger partial charge on any atom is 0.334 e. The highest BCUT2D eigenvalue weighted by Gasteiger charge is 2.57. The summed E-state index contributed by atoms with van der Waals surface area (Å²) < 4.78 is 6.05. The monoisotopic (exact) mass is 496 g/mol. The van der Waals surface area contributed by atoms with Gasteiger partial charge in [-0.1, -0.05) is 30.4 Å². The second-order valence-electron chi connectivity index (χ2n) is 6.86. The zero-order valence-electron chi connectivity index (χ0n) is 15.7. The van der Waals surface area contributed by atoms with Crippen LogP contribution in [0.5, 0.6) is 0 Å². The van der Waals surface area contributed by atoms with Crippen LogP contribution in [-0.4, -0.2) is 47.8 Å².